The van der Waals surface area contributed by atoms with E-state index in [1.807, 2.05) is 0 Å². The molecule has 0 N–H and O–H groups in total. The Balaban J connectivity index is 4.60. The Kier molecular flexibility index (Phi) is 5.01. The summed E-state index contributed by atoms with van der Waals surface area (Å²) >= 11 is 0. The first-order valence-electron chi connectivity index (χ1n) is 5.04. The molecule has 0 saturated carbocycles. The summed E-state index contributed by atoms with van der Waals surface area (Å²) in [5.41, 5.74) is -0.634. The van der Waals surface area contributed by atoms with Crippen LogP contribution in [0, 0.1) is 0 Å². The van der Waals surface area contributed by atoms with Gasteiger partial charge in [-0.25, -0.2) is 9.59 Å². The highest BCUT2D eigenvalue weighted by Crippen LogP contribution is 2.12. The van der Waals surface area contributed by atoms with E-state index in [0.717, 1.165) is 11.1 Å². The van der Waals surface area contributed by atoms with Crippen molar-refractivity contribution in [3.8, 4) is 0 Å². The van der Waals surface area contributed by atoms with Crippen molar-refractivity contribution in [3.63, 3.8) is 0 Å². The number of nitrogens with zero attached hydrogens (tertiary/aromatic N) is 1. The van der Waals surface area contributed by atoms with Gasteiger partial charge >= 0.3 is 12.1 Å². The smallest absolute Gasteiger partial charge is 0.442 e. The van der Waals surface area contributed by atoms with Gasteiger partial charge in [-0.05, 0) is 34.6 Å². The molecule has 0 aliphatic heterocycles. The topological polar surface area (TPSA) is 55.8 Å². The second-order valence-electron chi connectivity index (χ2n) is 4.51. The molecule has 0 aromatic rings. The van der Waals surface area contributed by atoms with Gasteiger partial charge < -0.3 is 9.57 Å². The van der Waals surface area contributed by atoms with Crippen molar-refractivity contribution >= 4 is 12.1 Å². The zero-order chi connectivity index (χ0) is 12.9. The Hall–Kier alpha value is -1.52. The molecule has 0 atom stereocenters. The fraction of sp³-hybridized carbons (Fsp3) is 0.636. The molecule has 0 fully saturated rings. The molecule has 16 heavy (non-hydrogen) atoms. The van der Waals surface area contributed by atoms with Crippen LogP contribution in [0.1, 0.15) is 34.6 Å². The van der Waals surface area contributed by atoms with Crippen LogP contribution < -0.4 is 0 Å². The average Bonchev–Trinajstić information content (AvgIpc) is 2.09. The van der Waals surface area contributed by atoms with Crippen LogP contribution in [0.15, 0.2) is 12.7 Å². The first-order valence-corrected chi connectivity index (χ1v) is 5.04. The summed E-state index contributed by atoms with van der Waals surface area (Å²) in [5, 5.41) is 0.884. The summed E-state index contributed by atoms with van der Waals surface area (Å²) in [6.07, 6.45) is 0.289. The average molecular weight is 229 g/mol. The zero-order valence-electron chi connectivity index (χ0n) is 10.4. The predicted molar refractivity (Wildman–Crippen MR) is 59.5 cm³/mol. The van der Waals surface area contributed by atoms with Crippen LogP contribution in [0.3, 0.4) is 0 Å². The fourth-order valence-corrected chi connectivity index (χ4v) is 0.795. The first-order chi connectivity index (χ1) is 7.17. The number of hydrogen-bond acceptors (Lipinski definition) is 4. The molecular formula is C11H19NO4. The van der Waals surface area contributed by atoms with Gasteiger partial charge in [0.2, 0.25) is 0 Å². The largest absolute Gasteiger partial charge is 0.444 e. The van der Waals surface area contributed by atoms with E-state index >= 15 is 0 Å². The van der Waals surface area contributed by atoms with Crippen molar-refractivity contribution in [1.82, 2.24) is 5.06 Å². The molecule has 0 aliphatic carbocycles. The SMILES string of the molecule is C=CC(=O)ON(C(=O)OC(C)(C)C)C(C)C. The number of amides is 1. The number of carbonyl (C=O) groups excluding carboxylic acids is 2. The van der Waals surface area contributed by atoms with E-state index in [2.05, 4.69) is 6.58 Å². The van der Waals surface area contributed by atoms with Crippen molar-refractivity contribution in [3.05, 3.63) is 12.7 Å². The lowest BCUT2D eigenvalue weighted by Gasteiger charge is -2.27. The highest BCUT2D eigenvalue weighted by Gasteiger charge is 2.26. The third-order valence-corrected chi connectivity index (χ3v) is 1.40. The lowest BCUT2D eigenvalue weighted by atomic mass is 10.2. The van der Waals surface area contributed by atoms with Crippen molar-refractivity contribution in [2.75, 3.05) is 0 Å². The molecule has 0 bridgehead atoms. The number of ether oxygens (including phenoxy) is 1. The van der Waals surface area contributed by atoms with Crippen molar-refractivity contribution in [2.45, 2.75) is 46.3 Å². The van der Waals surface area contributed by atoms with E-state index in [0.29, 0.717) is 0 Å². The Morgan fingerprint density at radius 2 is 1.81 bits per heavy atom. The van der Waals surface area contributed by atoms with Gasteiger partial charge in [-0.2, -0.15) is 0 Å². The molecule has 0 spiro atoms. The molecule has 0 heterocycles. The normalized spacial score (nSPS) is 10.9. The Labute approximate surface area is 96.0 Å². The minimum atomic E-state index is -0.697. The van der Waals surface area contributed by atoms with Gasteiger partial charge in [0.15, 0.2) is 0 Å². The van der Waals surface area contributed by atoms with E-state index in [-0.39, 0.29) is 6.04 Å². The summed E-state index contributed by atoms with van der Waals surface area (Å²) in [6.45, 7) is 11.9. The number of rotatable bonds is 2. The van der Waals surface area contributed by atoms with Gasteiger partial charge in [0.1, 0.15) is 5.60 Å². The Morgan fingerprint density at radius 1 is 1.31 bits per heavy atom. The van der Waals surface area contributed by atoms with Crippen molar-refractivity contribution in [2.24, 2.45) is 0 Å². The van der Waals surface area contributed by atoms with Gasteiger partial charge in [0.25, 0.3) is 0 Å². The third-order valence-electron chi connectivity index (χ3n) is 1.40. The van der Waals surface area contributed by atoms with Crippen LogP contribution >= 0.6 is 0 Å². The quantitative estimate of drug-likeness (QED) is 0.538. The molecule has 0 saturated heterocycles. The lowest BCUT2D eigenvalue weighted by molar-refractivity contribution is -0.185. The minimum absolute atomic E-state index is 0.307. The predicted octanol–water partition coefficient (Wildman–Crippen LogP) is 2.28. The zero-order valence-corrected chi connectivity index (χ0v) is 10.4. The first kappa shape index (κ1) is 14.5. The van der Waals surface area contributed by atoms with Crippen LogP contribution in [-0.4, -0.2) is 28.8 Å². The summed E-state index contributed by atoms with van der Waals surface area (Å²) in [5.74, 6) is -0.695. The van der Waals surface area contributed by atoms with Gasteiger partial charge in [-0.15, -0.1) is 5.06 Å². The van der Waals surface area contributed by atoms with Crippen LogP contribution in [0.25, 0.3) is 0 Å². The van der Waals surface area contributed by atoms with E-state index in [1.165, 1.54) is 0 Å². The molecule has 0 aromatic carbocycles. The molecule has 0 rings (SSSR count). The summed E-state index contributed by atoms with van der Waals surface area (Å²) < 4.78 is 5.08. The maximum Gasteiger partial charge on any atom is 0.444 e. The van der Waals surface area contributed by atoms with Crippen LogP contribution in [0.5, 0.6) is 0 Å². The molecule has 0 radical (unpaired) electrons. The number of hydrogen-bond donors (Lipinski definition) is 0. The maximum atomic E-state index is 11.6. The lowest BCUT2D eigenvalue weighted by Crippen LogP contribution is -2.42. The van der Waals surface area contributed by atoms with Gasteiger partial charge in [0, 0.05) is 6.08 Å². The van der Waals surface area contributed by atoms with Gasteiger partial charge in [0.05, 0.1) is 6.04 Å². The second-order valence-corrected chi connectivity index (χ2v) is 4.51. The van der Waals surface area contributed by atoms with Crippen molar-refractivity contribution < 1.29 is 19.2 Å². The van der Waals surface area contributed by atoms with Crippen molar-refractivity contribution in [1.29, 1.82) is 0 Å². The van der Waals surface area contributed by atoms with E-state index in [1.54, 1.807) is 34.6 Å². The molecule has 1 amide bonds. The minimum Gasteiger partial charge on any atom is -0.442 e. The number of hydroxylamine groups is 2. The molecule has 0 unspecified atom stereocenters. The summed E-state index contributed by atoms with van der Waals surface area (Å²) in [6, 6.07) is -0.307. The molecule has 5 nitrogen and oxygen atoms in total. The maximum absolute atomic E-state index is 11.6. The second kappa shape index (κ2) is 5.53. The Morgan fingerprint density at radius 3 is 2.12 bits per heavy atom. The van der Waals surface area contributed by atoms with Gasteiger partial charge in [-0.3, -0.25) is 0 Å². The molecule has 0 aromatic heterocycles. The molecule has 92 valence electrons. The highest BCUT2D eigenvalue weighted by atomic mass is 16.8. The third kappa shape index (κ3) is 5.38. The molecule has 0 aliphatic rings. The summed E-state index contributed by atoms with van der Waals surface area (Å²) in [4.78, 5) is 27.4. The Bertz CT molecular complexity index is 278. The van der Waals surface area contributed by atoms with E-state index in [9.17, 15) is 9.59 Å². The van der Waals surface area contributed by atoms with Crippen LogP contribution in [0.4, 0.5) is 4.79 Å². The van der Waals surface area contributed by atoms with E-state index in [4.69, 9.17) is 9.57 Å². The fourth-order valence-electron chi connectivity index (χ4n) is 0.795. The standard InChI is InChI=1S/C11H19NO4/c1-7-9(13)16-12(8(2)3)10(14)15-11(4,5)6/h7-8H,1H2,2-6H3. The molecule has 5 heteroatoms. The van der Waals surface area contributed by atoms with Crippen LogP contribution in [0.2, 0.25) is 0 Å². The van der Waals surface area contributed by atoms with Gasteiger partial charge in [-0.1, -0.05) is 6.58 Å². The molecular weight excluding hydrogens is 210 g/mol. The van der Waals surface area contributed by atoms with E-state index < -0.39 is 17.7 Å². The summed E-state index contributed by atoms with van der Waals surface area (Å²) in [7, 11) is 0. The highest BCUT2D eigenvalue weighted by molar-refractivity contribution is 5.82. The number of carbonyl (C=O) groups is 2. The monoisotopic (exact) mass is 229 g/mol. The van der Waals surface area contributed by atoms with Crippen LogP contribution in [-0.2, 0) is 14.4 Å².